The van der Waals surface area contributed by atoms with E-state index in [2.05, 4.69) is 11.4 Å². The summed E-state index contributed by atoms with van der Waals surface area (Å²) in [5.41, 5.74) is 7.97. The van der Waals surface area contributed by atoms with Crippen LogP contribution < -0.4 is 11.1 Å². The first-order valence-corrected chi connectivity index (χ1v) is 6.16. The fraction of sp³-hybridized carbons (Fsp3) is 0.455. The van der Waals surface area contributed by atoms with Crippen LogP contribution in [0.1, 0.15) is 12.0 Å². The molecule has 0 aliphatic carbocycles. The van der Waals surface area contributed by atoms with Crippen LogP contribution in [0.15, 0.2) is 24.3 Å². The highest BCUT2D eigenvalue weighted by Gasteiger charge is 2.14. The monoisotopic (exact) mass is 208 g/mol. The Kier molecular flexibility index (Phi) is 3.32. The summed E-state index contributed by atoms with van der Waals surface area (Å²) < 4.78 is 0. The first-order chi connectivity index (χ1) is 6.86. The summed E-state index contributed by atoms with van der Waals surface area (Å²) in [4.78, 5) is 0. The van der Waals surface area contributed by atoms with Gasteiger partial charge in [-0.25, -0.2) is 0 Å². The van der Waals surface area contributed by atoms with Crippen LogP contribution in [0, 0.1) is 0 Å². The number of anilines is 1. The predicted molar refractivity (Wildman–Crippen MR) is 63.4 cm³/mol. The lowest BCUT2D eigenvalue weighted by atomic mass is 10.1. The summed E-state index contributed by atoms with van der Waals surface area (Å²) in [7, 11) is 0. The summed E-state index contributed by atoms with van der Waals surface area (Å²) in [5.74, 6) is 2.54. The molecule has 0 radical (unpaired) electrons. The van der Waals surface area contributed by atoms with Gasteiger partial charge in [0.05, 0.1) is 0 Å². The average molecular weight is 208 g/mol. The Hall–Kier alpha value is -0.670. The number of nitrogens with one attached hydrogen (secondary N) is 1. The van der Waals surface area contributed by atoms with Crippen molar-refractivity contribution in [2.75, 3.05) is 17.2 Å². The van der Waals surface area contributed by atoms with Crippen molar-refractivity contribution in [3.8, 4) is 0 Å². The van der Waals surface area contributed by atoms with Crippen molar-refractivity contribution in [3.63, 3.8) is 0 Å². The zero-order chi connectivity index (χ0) is 9.80. The minimum absolute atomic E-state index is 0.680. The van der Waals surface area contributed by atoms with E-state index in [1.165, 1.54) is 23.5 Å². The Balaban J connectivity index is 1.88. The van der Waals surface area contributed by atoms with E-state index in [9.17, 15) is 0 Å². The highest BCUT2D eigenvalue weighted by molar-refractivity contribution is 7.99. The third-order valence-corrected chi connectivity index (χ3v) is 3.73. The SMILES string of the molecule is Nc1ccccc1CNC1CCSC1. The molecule has 1 atom stereocenters. The second-order valence-corrected chi connectivity index (χ2v) is 4.79. The molecule has 0 aromatic heterocycles. The summed E-state index contributed by atoms with van der Waals surface area (Å²) in [5, 5.41) is 3.54. The first kappa shape index (κ1) is 9.87. The van der Waals surface area contributed by atoms with E-state index < -0.39 is 0 Å². The topological polar surface area (TPSA) is 38.0 Å². The average Bonchev–Trinajstić information content (AvgIpc) is 2.69. The minimum Gasteiger partial charge on any atom is -0.398 e. The van der Waals surface area contributed by atoms with Crippen LogP contribution in [0.4, 0.5) is 5.69 Å². The van der Waals surface area contributed by atoms with Gasteiger partial charge in [0.2, 0.25) is 0 Å². The van der Waals surface area contributed by atoms with E-state index in [0.29, 0.717) is 6.04 Å². The Bertz CT molecular complexity index is 295. The van der Waals surface area contributed by atoms with Crippen LogP contribution in [-0.2, 0) is 6.54 Å². The van der Waals surface area contributed by atoms with Crippen molar-refractivity contribution in [2.24, 2.45) is 0 Å². The van der Waals surface area contributed by atoms with Crippen molar-refractivity contribution in [1.29, 1.82) is 0 Å². The summed E-state index contributed by atoms with van der Waals surface area (Å²) in [6, 6.07) is 8.74. The summed E-state index contributed by atoms with van der Waals surface area (Å²) in [6.45, 7) is 0.901. The van der Waals surface area contributed by atoms with E-state index in [1.807, 2.05) is 30.0 Å². The van der Waals surface area contributed by atoms with Crippen LogP contribution in [0.2, 0.25) is 0 Å². The second-order valence-electron chi connectivity index (χ2n) is 3.64. The molecule has 1 aliphatic heterocycles. The lowest BCUT2D eigenvalue weighted by Crippen LogP contribution is -2.28. The number of hydrogen-bond acceptors (Lipinski definition) is 3. The molecule has 0 amide bonds. The molecule has 0 saturated carbocycles. The van der Waals surface area contributed by atoms with E-state index in [4.69, 9.17) is 5.73 Å². The molecule has 1 unspecified atom stereocenters. The zero-order valence-corrected chi connectivity index (χ0v) is 9.02. The Labute approximate surface area is 89.3 Å². The molecule has 3 N–H and O–H groups in total. The number of nitrogens with two attached hydrogens (primary N) is 1. The van der Waals surface area contributed by atoms with E-state index in [0.717, 1.165) is 12.2 Å². The van der Waals surface area contributed by atoms with Crippen LogP contribution in [-0.4, -0.2) is 17.5 Å². The molecule has 3 heteroatoms. The lowest BCUT2D eigenvalue weighted by molar-refractivity contribution is 0.558. The van der Waals surface area contributed by atoms with E-state index in [1.54, 1.807) is 0 Å². The predicted octanol–water partition coefficient (Wildman–Crippen LogP) is 1.86. The zero-order valence-electron chi connectivity index (χ0n) is 8.20. The van der Waals surface area contributed by atoms with Gasteiger partial charge in [-0.2, -0.15) is 11.8 Å². The molecule has 76 valence electrons. The van der Waals surface area contributed by atoms with Gasteiger partial charge in [-0.3, -0.25) is 0 Å². The fourth-order valence-corrected chi connectivity index (χ4v) is 2.83. The third-order valence-electron chi connectivity index (χ3n) is 2.57. The molecular formula is C11H16N2S. The quantitative estimate of drug-likeness (QED) is 0.745. The van der Waals surface area contributed by atoms with Crippen molar-refractivity contribution < 1.29 is 0 Å². The number of thioether (sulfide) groups is 1. The molecule has 0 spiro atoms. The van der Waals surface area contributed by atoms with Crippen LogP contribution >= 0.6 is 11.8 Å². The minimum atomic E-state index is 0.680. The molecule has 2 nitrogen and oxygen atoms in total. The second kappa shape index (κ2) is 4.71. The number of benzene rings is 1. The van der Waals surface area contributed by atoms with Crippen LogP contribution in [0.3, 0.4) is 0 Å². The van der Waals surface area contributed by atoms with Crippen LogP contribution in [0.25, 0.3) is 0 Å². The third kappa shape index (κ3) is 2.42. The van der Waals surface area contributed by atoms with Gasteiger partial charge in [0.25, 0.3) is 0 Å². The van der Waals surface area contributed by atoms with Gasteiger partial charge < -0.3 is 11.1 Å². The molecule has 14 heavy (non-hydrogen) atoms. The molecule has 1 aromatic rings. The van der Waals surface area contributed by atoms with Gasteiger partial charge >= 0.3 is 0 Å². The van der Waals surface area contributed by atoms with Crippen molar-refractivity contribution >= 4 is 17.4 Å². The van der Waals surface area contributed by atoms with E-state index >= 15 is 0 Å². The number of hydrogen-bond donors (Lipinski definition) is 2. The maximum absolute atomic E-state index is 5.86. The van der Waals surface area contributed by atoms with Gasteiger partial charge in [0.15, 0.2) is 0 Å². The molecular weight excluding hydrogens is 192 g/mol. The molecule has 1 saturated heterocycles. The smallest absolute Gasteiger partial charge is 0.0359 e. The molecule has 2 rings (SSSR count). The first-order valence-electron chi connectivity index (χ1n) is 5.01. The van der Waals surface area contributed by atoms with Gasteiger partial charge in [-0.05, 0) is 23.8 Å². The maximum atomic E-state index is 5.86. The standard InChI is InChI=1S/C11H16N2S/c12-11-4-2-1-3-9(11)7-13-10-5-6-14-8-10/h1-4,10,13H,5-8,12H2. The lowest BCUT2D eigenvalue weighted by Gasteiger charge is -2.12. The largest absolute Gasteiger partial charge is 0.398 e. The number of nitrogen functional groups attached to an aromatic ring is 1. The Morgan fingerprint density at radius 2 is 2.29 bits per heavy atom. The highest BCUT2D eigenvalue weighted by atomic mass is 32.2. The Morgan fingerprint density at radius 3 is 3.00 bits per heavy atom. The van der Waals surface area contributed by atoms with Gasteiger partial charge in [0, 0.05) is 24.0 Å². The Morgan fingerprint density at radius 1 is 1.43 bits per heavy atom. The summed E-state index contributed by atoms with van der Waals surface area (Å²) >= 11 is 2.03. The highest BCUT2D eigenvalue weighted by Crippen LogP contribution is 2.18. The van der Waals surface area contributed by atoms with Crippen molar-refractivity contribution in [1.82, 2.24) is 5.32 Å². The molecule has 1 aliphatic rings. The molecule has 0 bridgehead atoms. The maximum Gasteiger partial charge on any atom is 0.0359 e. The summed E-state index contributed by atoms with van der Waals surface area (Å²) in [6.07, 6.45) is 1.29. The molecule has 1 heterocycles. The molecule has 1 fully saturated rings. The van der Waals surface area contributed by atoms with Gasteiger partial charge in [0.1, 0.15) is 0 Å². The van der Waals surface area contributed by atoms with Crippen molar-refractivity contribution in [3.05, 3.63) is 29.8 Å². The van der Waals surface area contributed by atoms with Gasteiger partial charge in [-0.15, -0.1) is 0 Å². The van der Waals surface area contributed by atoms with Gasteiger partial charge in [-0.1, -0.05) is 18.2 Å². The fourth-order valence-electron chi connectivity index (χ4n) is 1.64. The van der Waals surface area contributed by atoms with E-state index in [-0.39, 0.29) is 0 Å². The van der Waals surface area contributed by atoms with Crippen molar-refractivity contribution in [2.45, 2.75) is 19.0 Å². The molecule has 1 aromatic carbocycles. The normalized spacial score (nSPS) is 21.3. The number of rotatable bonds is 3. The number of para-hydroxylation sites is 1. The van der Waals surface area contributed by atoms with Crippen LogP contribution in [0.5, 0.6) is 0 Å².